The normalized spacial score (nSPS) is 20.2. The van der Waals surface area contributed by atoms with Crippen molar-refractivity contribution >= 4 is 11.8 Å². The summed E-state index contributed by atoms with van der Waals surface area (Å²) in [4.78, 5) is 26.3. The molecule has 126 valence electrons. The van der Waals surface area contributed by atoms with E-state index < -0.39 is 6.04 Å². The number of likely N-dealkylation sites (tertiary alicyclic amines) is 1. The molecule has 1 saturated heterocycles. The third-order valence-corrected chi connectivity index (χ3v) is 4.26. The van der Waals surface area contributed by atoms with Gasteiger partial charge in [-0.2, -0.15) is 0 Å². The molecule has 2 amide bonds. The second-order valence-electron chi connectivity index (χ2n) is 6.69. The van der Waals surface area contributed by atoms with E-state index in [1.807, 2.05) is 35.2 Å². The lowest BCUT2D eigenvalue weighted by Gasteiger charge is -2.36. The second kappa shape index (κ2) is 8.11. The second-order valence-corrected chi connectivity index (χ2v) is 6.69. The standard InChI is InChI=1S/C18H27N3O2/c1-13(2)11-20-18(23)15-9-6-10-21(12-15)16(17(19)22)14-7-4-3-5-8-14/h3-5,7-8,13,15-16H,6,9-12H2,1-2H3,(H2,19,22)(H,20,23)/t15-,16-/m1/s1. The predicted octanol–water partition coefficient (Wildman–Crippen LogP) is 1.70. The van der Waals surface area contributed by atoms with Crippen LogP contribution in [0.5, 0.6) is 0 Å². The Labute approximate surface area is 138 Å². The molecule has 2 atom stereocenters. The molecule has 0 aromatic heterocycles. The highest BCUT2D eigenvalue weighted by Gasteiger charge is 2.32. The van der Waals surface area contributed by atoms with E-state index in [0.717, 1.165) is 24.9 Å². The van der Waals surface area contributed by atoms with Gasteiger partial charge in [0.15, 0.2) is 0 Å². The van der Waals surface area contributed by atoms with Crippen LogP contribution in [-0.2, 0) is 9.59 Å². The summed E-state index contributed by atoms with van der Waals surface area (Å²) in [5.41, 5.74) is 6.53. The summed E-state index contributed by atoms with van der Waals surface area (Å²) in [6.45, 7) is 6.20. The van der Waals surface area contributed by atoms with Crippen LogP contribution in [0.4, 0.5) is 0 Å². The maximum atomic E-state index is 12.3. The van der Waals surface area contributed by atoms with Crippen LogP contribution in [0.25, 0.3) is 0 Å². The third-order valence-electron chi connectivity index (χ3n) is 4.26. The topological polar surface area (TPSA) is 75.4 Å². The first-order chi connectivity index (χ1) is 11.0. The lowest BCUT2D eigenvalue weighted by atomic mass is 9.93. The van der Waals surface area contributed by atoms with Crippen LogP contribution in [0.1, 0.15) is 38.3 Å². The molecule has 1 heterocycles. The number of nitrogens with zero attached hydrogens (tertiary/aromatic N) is 1. The van der Waals surface area contributed by atoms with Crippen molar-refractivity contribution in [2.75, 3.05) is 19.6 Å². The Morgan fingerprint density at radius 1 is 1.30 bits per heavy atom. The van der Waals surface area contributed by atoms with Gasteiger partial charge in [-0.15, -0.1) is 0 Å². The Morgan fingerprint density at radius 3 is 2.61 bits per heavy atom. The number of carbonyl (C=O) groups is 2. The van der Waals surface area contributed by atoms with Gasteiger partial charge in [-0.25, -0.2) is 0 Å². The van der Waals surface area contributed by atoms with Crippen molar-refractivity contribution in [3.05, 3.63) is 35.9 Å². The summed E-state index contributed by atoms with van der Waals surface area (Å²) in [7, 11) is 0. The van der Waals surface area contributed by atoms with Crippen molar-refractivity contribution in [2.45, 2.75) is 32.7 Å². The van der Waals surface area contributed by atoms with Gasteiger partial charge < -0.3 is 11.1 Å². The van der Waals surface area contributed by atoms with E-state index in [1.165, 1.54) is 0 Å². The van der Waals surface area contributed by atoms with Gasteiger partial charge in [-0.3, -0.25) is 14.5 Å². The van der Waals surface area contributed by atoms with Crippen molar-refractivity contribution in [3.63, 3.8) is 0 Å². The fourth-order valence-electron chi connectivity index (χ4n) is 3.09. The van der Waals surface area contributed by atoms with Crippen LogP contribution in [-0.4, -0.2) is 36.3 Å². The number of nitrogens with two attached hydrogens (primary N) is 1. The molecule has 0 radical (unpaired) electrons. The summed E-state index contributed by atoms with van der Waals surface area (Å²) < 4.78 is 0. The van der Waals surface area contributed by atoms with Gasteiger partial charge >= 0.3 is 0 Å². The van der Waals surface area contributed by atoms with Gasteiger partial charge in [0.2, 0.25) is 11.8 Å². The average Bonchev–Trinajstić information content (AvgIpc) is 2.53. The van der Waals surface area contributed by atoms with Crippen LogP contribution in [0.15, 0.2) is 30.3 Å². The molecule has 2 rings (SSSR count). The number of primary amides is 1. The summed E-state index contributed by atoms with van der Waals surface area (Å²) in [6, 6.07) is 9.09. The maximum Gasteiger partial charge on any atom is 0.239 e. The Bertz CT molecular complexity index is 530. The first kappa shape index (κ1) is 17.5. The lowest BCUT2D eigenvalue weighted by molar-refractivity contribution is -0.130. The summed E-state index contributed by atoms with van der Waals surface area (Å²) in [5.74, 6) is 0.0773. The average molecular weight is 317 g/mol. The van der Waals surface area contributed by atoms with Gasteiger partial charge in [0.1, 0.15) is 6.04 Å². The van der Waals surface area contributed by atoms with Crippen molar-refractivity contribution in [3.8, 4) is 0 Å². The molecule has 0 spiro atoms. The summed E-state index contributed by atoms with van der Waals surface area (Å²) in [6.07, 6.45) is 1.76. The van der Waals surface area contributed by atoms with Gasteiger partial charge in [-0.1, -0.05) is 44.2 Å². The van der Waals surface area contributed by atoms with Crippen molar-refractivity contribution in [1.29, 1.82) is 0 Å². The van der Waals surface area contributed by atoms with Crippen LogP contribution >= 0.6 is 0 Å². The molecule has 1 aliphatic heterocycles. The molecule has 1 aromatic rings. The Hall–Kier alpha value is -1.88. The highest BCUT2D eigenvalue weighted by Crippen LogP contribution is 2.27. The number of carbonyl (C=O) groups excluding carboxylic acids is 2. The van der Waals surface area contributed by atoms with E-state index in [2.05, 4.69) is 19.2 Å². The fraction of sp³-hybridized carbons (Fsp3) is 0.556. The molecular formula is C18H27N3O2. The molecule has 0 saturated carbocycles. The first-order valence-corrected chi connectivity index (χ1v) is 8.35. The van der Waals surface area contributed by atoms with E-state index in [0.29, 0.717) is 19.0 Å². The van der Waals surface area contributed by atoms with Crippen molar-refractivity contribution in [2.24, 2.45) is 17.6 Å². The molecule has 1 aliphatic rings. The monoisotopic (exact) mass is 317 g/mol. The highest BCUT2D eigenvalue weighted by molar-refractivity contribution is 5.82. The van der Waals surface area contributed by atoms with Crippen molar-refractivity contribution in [1.82, 2.24) is 10.2 Å². The van der Waals surface area contributed by atoms with E-state index in [-0.39, 0.29) is 17.7 Å². The van der Waals surface area contributed by atoms with E-state index >= 15 is 0 Å². The molecule has 1 aromatic carbocycles. The predicted molar refractivity (Wildman–Crippen MR) is 90.5 cm³/mol. The van der Waals surface area contributed by atoms with Crippen LogP contribution in [0.3, 0.4) is 0 Å². The molecule has 0 unspecified atom stereocenters. The fourth-order valence-corrected chi connectivity index (χ4v) is 3.09. The van der Waals surface area contributed by atoms with Gasteiger partial charge in [0.25, 0.3) is 0 Å². The quantitative estimate of drug-likeness (QED) is 0.838. The molecule has 5 nitrogen and oxygen atoms in total. The molecule has 5 heteroatoms. The zero-order chi connectivity index (χ0) is 16.8. The van der Waals surface area contributed by atoms with Gasteiger partial charge in [0, 0.05) is 13.1 Å². The van der Waals surface area contributed by atoms with Crippen LogP contribution in [0.2, 0.25) is 0 Å². The smallest absolute Gasteiger partial charge is 0.239 e. The maximum absolute atomic E-state index is 12.3. The molecule has 0 bridgehead atoms. The molecule has 23 heavy (non-hydrogen) atoms. The largest absolute Gasteiger partial charge is 0.368 e. The van der Waals surface area contributed by atoms with E-state index in [1.54, 1.807) is 0 Å². The highest BCUT2D eigenvalue weighted by atomic mass is 16.2. The Kier molecular flexibility index (Phi) is 6.16. The number of amides is 2. The molecular weight excluding hydrogens is 290 g/mol. The minimum Gasteiger partial charge on any atom is -0.368 e. The SMILES string of the molecule is CC(C)CNC(=O)[C@@H]1CCCN([C@@H](C(N)=O)c2ccccc2)C1. The Balaban J connectivity index is 2.06. The molecule has 3 N–H and O–H groups in total. The summed E-state index contributed by atoms with van der Waals surface area (Å²) >= 11 is 0. The number of hydrogen-bond acceptors (Lipinski definition) is 3. The van der Waals surface area contributed by atoms with Crippen molar-refractivity contribution < 1.29 is 9.59 Å². The number of piperidine rings is 1. The minimum absolute atomic E-state index is 0.0759. The number of benzene rings is 1. The number of hydrogen-bond donors (Lipinski definition) is 2. The Morgan fingerprint density at radius 2 is 2.00 bits per heavy atom. The third kappa shape index (κ3) is 4.79. The van der Waals surface area contributed by atoms with Crippen LogP contribution < -0.4 is 11.1 Å². The number of nitrogens with one attached hydrogen (secondary N) is 1. The van der Waals surface area contributed by atoms with Gasteiger partial charge in [0.05, 0.1) is 5.92 Å². The summed E-state index contributed by atoms with van der Waals surface area (Å²) in [5, 5.41) is 3.00. The lowest BCUT2D eigenvalue weighted by Crippen LogP contribution is -2.47. The minimum atomic E-state index is -0.461. The zero-order valence-corrected chi connectivity index (χ0v) is 14.0. The van der Waals surface area contributed by atoms with Crippen LogP contribution in [0, 0.1) is 11.8 Å². The number of rotatable bonds is 6. The molecule has 1 fully saturated rings. The van der Waals surface area contributed by atoms with Gasteiger partial charge in [-0.05, 0) is 30.9 Å². The van der Waals surface area contributed by atoms with E-state index in [9.17, 15) is 9.59 Å². The van der Waals surface area contributed by atoms with E-state index in [4.69, 9.17) is 5.73 Å². The molecule has 0 aliphatic carbocycles. The first-order valence-electron chi connectivity index (χ1n) is 8.35. The zero-order valence-electron chi connectivity index (χ0n) is 14.0.